The van der Waals surface area contributed by atoms with Crippen LogP contribution >= 0.6 is 23.4 Å². The van der Waals surface area contributed by atoms with E-state index >= 15 is 0 Å². The van der Waals surface area contributed by atoms with Gasteiger partial charge in [0.1, 0.15) is 23.7 Å². The first kappa shape index (κ1) is 25.7. The van der Waals surface area contributed by atoms with Gasteiger partial charge in [-0.05, 0) is 42.0 Å². The van der Waals surface area contributed by atoms with Crippen LogP contribution in [-0.2, 0) is 11.2 Å². The quantitative estimate of drug-likeness (QED) is 0.351. The summed E-state index contributed by atoms with van der Waals surface area (Å²) in [7, 11) is 0. The van der Waals surface area contributed by atoms with Crippen LogP contribution in [0.3, 0.4) is 0 Å². The number of hydrogen-bond acceptors (Lipinski definition) is 7. The Morgan fingerprint density at radius 3 is 2.48 bits per heavy atom. The van der Waals surface area contributed by atoms with Crippen molar-refractivity contribution in [3.05, 3.63) is 76.2 Å². The molecule has 6 N–H and O–H groups in total. The van der Waals surface area contributed by atoms with E-state index in [9.17, 15) is 28.5 Å². The van der Waals surface area contributed by atoms with Gasteiger partial charge in [0.15, 0.2) is 17.5 Å². The number of hydrogen-bond donors (Lipinski definition) is 5. The minimum atomic E-state index is -1.61. The molecule has 0 aliphatic carbocycles. The number of benzene rings is 2. The molecule has 5 unspecified atom stereocenters. The van der Waals surface area contributed by atoms with Crippen molar-refractivity contribution in [1.29, 1.82) is 0 Å². The van der Waals surface area contributed by atoms with Crippen molar-refractivity contribution in [1.82, 2.24) is 5.32 Å². The highest BCUT2D eigenvalue weighted by Crippen LogP contribution is 2.29. The fourth-order valence-corrected chi connectivity index (χ4v) is 4.79. The molecule has 1 saturated heterocycles. The van der Waals surface area contributed by atoms with Gasteiger partial charge >= 0.3 is 0 Å². The lowest BCUT2D eigenvalue weighted by Crippen LogP contribution is -2.62. The summed E-state index contributed by atoms with van der Waals surface area (Å²) in [6.45, 7) is -0.495. The second-order valence-corrected chi connectivity index (χ2v) is 9.15. The topological polar surface area (TPSA) is 108 Å². The highest BCUT2D eigenvalue weighted by atomic mass is 35.5. The summed E-state index contributed by atoms with van der Waals surface area (Å²) >= 11 is 7.28. The second kappa shape index (κ2) is 11.5. The molecular formula is C22H24ClF3N2O4S. The van der Waals surface area contributed by atoms with Crippen LogP contribution in [-0.4, -0.2) is 57.5 Å². The van der Waals surface area contributed by atoms with Gasteiger partial charge in [-0.2, -0.15) is 0 Å². The summed E-state index contributed by atoms with van der Waals surface area (Å²) in [6.07, 6.45) is -1.70. The molecule has 0 spiro atoms. The predicted octanol–water partition coefficient (Wildman–Crippen LogP) is 2.39. The first-order valence-corrected chi connectivity index (χ1v) is 11.5. The number of nitrogens with two attached hydrogens (primary N) is 1. The zero-order valence-electron chi connectivity index (χ0n) is 17.3. The van der Waals surface area contributed by atoms with Crippen LogP contribution in [0, 0.1) is 17.5 Å². The first-order chi connectivity index (χ1) is 15.7. The third kappa shape index (κ3) is 6.34. The smallest absolute Gasteiger partial charge is 0.194 e. The maximum Gasteiger partial charge on any atom is 0.194 e. The SMILES string of the molecule is N/C(=C\NC1C(O)C(CO)OC(SCCc2cccc(Cl)c2)C1O)c1cc(F)c(F)c(F)c1. The number of thioether (sulfide) groups is 1. The van der Waals surface area contributed by atoms with E-state index in [0.29, 0.717) is 17.2 Å². The maximum absolute atomic E-state index is 13.5. The van der Waals surface area contributed by atoms with Crippen LogP contribution in [0.5, 0.6) is 0 Å². The van der Waals surface area contributed by atoms with Crippen LogP contribution in [0.4, 0.5) is 13.2 Å². The first-order valence-electron chi connectivity index (χ1n) is 10.1. The second-order valence-electron chi connectivity index (χ2n) is 7.50. The fraction of sp³-hybridized carbons (Fsp3) is 0.364. The van der Waals surface area contributed by atoms with Crippen LogP contribution in [0.2, 0.25) is 5.02 Å². The molecule has 3 rings (SSSR count). The molecule has 0 saturated carbocycles. The highest BCUT2D eigenvalue weighted by Gasteiger charge is 2.44. The van der Waals surface area contributed by atoms with Gasteiger partial charge in [-0.25, -0.2) is 13.2 Å². The lowest BCUT2D eigenvalue weighted by atomic mass is 9.97. The standard InChI is InChI=1S/C22H24ClF3N2O4S/c23-13-3-1-2-11(6-13)4-5-33-22-21(31)19(20(30)17(10-29)32-22)28-9-16(27)12-7-14(24)18(26)15(25)8-12/h1-3,6-9,17,19-22,28-31H,4-5,10,27H2/b16-9-. The molecule has 33 heavy (non-hydrogen) atoms. The maximum atomic E-state index is 13.5. The monoisotopic (exact) mass is 504 g/mol. The molecule has 6 nitrogen and oxygen atoms in total. The van der Waals surface area contributed by atoms with Crippen molar-refractivity contribution in [2.75, 3.05) is 12.4 Å². The molecule has 0 radical (unpaired) electrons. The summed E-state index contributed by atoms with van der Waals surface area (Å²) in [6, 6.07) is 7.81. The van der Waals surface area contributed by atoms with Crippen LogP contribution in [0.25, 0.3) is 5.70 Å². The molecule has 1 aliphatic rings. The van der Waals surface area contributed by atoms with E-state index in [1.54, 1.807) is 6.07 Å². The number of aryl methyl sites for hydroxylation is 1. The van der Waals surface area contributed by atoms with Gasteiger partial charge in [0.2, 0.25) is 0 Å². The number of aliphatic hydroxyl groups excluding tert-OH is 3. The average molecular weight is 505 g/mol. The Hall–Kier alpha value is -1.95. The predicted molar refractivity (Wildman–Crippen MR) is 121 cm³/mol. The lowest BCUT2D eigenvalue weighted by Gasteiger charge is -2.42. The Morgan fingerprint density at radius 2 is 1.85 bits per heavy atom. The Labute approximate surface area is 198 Å². The van der Waals surface area contributed by atoms with Gasteiger partial charge in [-0.3, -0.25) is 0 Å². The molecular weight excluding hydrogens is 481 g/mol. The molecule has 0 aromatic heterocycles. The van der Waals surface area contributed by atoms with Gasteiger partial charge in [0.25, 0.3) is 0 Å². The van der Waals surface area contributed by atoms with E-state index in [1.165, 1.54) is 11.8 Å². The minimum Gasteiger partial charge on any atom is -0.397 e. The number of rotatable bonds is 8. The molecule has 180 valence electrons. The summed E-state index contributed by atoms with van der Waals surface area (Å²) in [5.41, 5.74) is 5.78. The van der Waals surface area contributed by atoms with Crippen molar-refractivity contribution in [3.8, 4) is 0 Å². The van der Waals surface area contributed by atoms with Crippen LogP contribution < -0.4 is 11.1 Å². The minimum absolute atomic E-state index is 0.124. The van der Waals surface area contributed by atoms with Gasteiger partial charge in [0.05, 0.1) is 18.3 Å². The zero-order valence-corrected chi connectivity index (χ0v) is 18.9. The van der Waals surface area contributed by atoms with Crippen molar-refractivity contribution >= 4 is 29.1 Å². The Balaban J connectivity index is 1.68. The molecule has 11 heteroatoms. The van der Waals surface area contributed by atoms with Crippen molar-refractivity contribution in [2.24, 2.45) is 5.73 Å². The van der Waals surface area contributed by atoms with Crippen molar-refractivity contribution < 1.29 is 33.2 Å². The Bertz CT molecular complexity index is 977. The molecule has 0 bridgehead atoms. The molecule has 0 amide bonds. The largest absolute Gasteiger partial charge is 0.397 e. The van der Waals surface area contributed by atoms with E-state index in [-0.39, 0.29) is 11.3 Å². The van der Waals surface area contributed by atoms with E-state index in [2.05, 4.69) is 5.32 Å². The van der Waals surface area contributed by atoms with Crippen LogP contribution in [0.15, 0.2) is 42.6 Å². The highest BCUT2D eigenvalue weighted by molar-refractivity contribution is 7.99. The van der Waals surface area contributed by atoms with E-state index in [1.807, 2.05) is 18.2 Å². The van der Waals surface area contributed by atoms with Crippen LogP contribution in [0.1, 0.15) is 11.1 Å². The van der Waals surface area contributed by atoms with Crippen molar-refractivity contribution in [3.63, 3.8) is 0 Å². The lowest BCUT2D eigenvalue weighted by molar-refractivity contribution is -0.164. The number of aliphatic hydroxyl groups is 3. The summed E-state index contributed by atoms with van der Waals surface area (Å²) in [5.74, 6) is -3.85. The average Bonchev–Trinajstić information content (AvgIpc) is 2.78. The van der Waals surface area contributed by atoms with Gasteiger partial charge in [-0.15, -0.1) is 11.8 Å². The summed E-state index contributed by atoms with van der Waals surface area (Å²) in [5, 5.41) is 34.2. The third-order valence-electron chi connectivity index (χ3n) is 5.19. The van der Waals surface area contributed by atoms with Gasteiger partial charge in [-0.1, -0.05) is 23.7 Å². The summed E-state index contributed by atoms with van der Waals surface area (Å²) < 4.78 is 45.8. The summed E-state index contributed by atoms with van der Waals surface area (Å²) in [4.78, 5) is 0. The zero-order chi connectivity index (χ0) is 24.1. The number of ether oxygens (including phenoxy) is 1. The van der Waals surface area contributed by atoms with E-state index < -0.39 is 53.8 Å². The number of nitrogens with one attached hydrogen (secondary N) is 1. The third-order valence-corrected chi connectivity index (χ3v) is 6.59. The molecule has 2 aromatic carbocycles. The van der Waals surface area contributed by atoms with Crippen molar-refractivity contribution in [2.45, 2.75) is 36.2 Å². The van der Waals surface area contributed by atoms with E-state index in [0.717, 1.165) is 23.9 Å². The molecule has 1 heterocycles. The molecule has 1 aliphatic heterocycles. The normalized spacial score (nSPS) is 25.8. The molecule has 5 atom stereocenters. The molecule has 1 fully saturated rings. The van der Waals surface area contributed by atoms with Gasteiger partial charge in [0, 0.05) is 16.8 Å². The Morgan fingerprint density at radius 1 is 1.15 bits per heavy atom. The molecule has 2 aromatic rings. The fourth-order valence-electron chi connectivity index (χ4n) is 3.40. The van der Waals surface area contributed by atoms with E-state index in [4.69, 9.17) is 22.1 Å². The number of halogens is 4. The Kier molecular flexibility index (Phi) is 8.91. The van der Waals surface area contributed by atoms with Gasteiger partial charge < -0.3 is 31.1 Å².